The molecular weight excluding hydrogens is 264 g/mol. The standard InChI is InChI=1S/C17H22N2O2/c1-3-10-19-11-8-14(9-12-19)17(20)18-13-15-6-4-5-7-16(15)21-2/h1,4-7,14H,8-13H2,2H3,(H,18,20). The Morgan fingerprint density at radius 3 is 2.81 bits per heavy atom. The number of hydrogen-bond donors (Lipinski definition) is 1. The molecule has 1 amide bonds. The number of carbonyl (C=O) groups excluding carboxylic acids is 1. The van der Waals surface area contributed by atoms with Gasteiger partial charge in [-0.3, -0.25) is 9.69 Å². The Morgan fingerprint density at radius 2 is 2.14 bits per heavy atom. The van der Waals surface area contributed by atoms with Gasteiger partial charge in [-0.25, -0.2) is 0 Å². The number of ether oxygens (including phenoxy) is 1. The van der Waals surface area contributed by atoms with Crippen LogP contribution < -0.4 is 10.1 Å². The minimum absolute atomic E-state index is 0.0914. The highest BCUT2D eigenvalue weighted by Crippen LogP contribution is 2.19. The monoisotopic (exact) mass is 286 g/mol. The Balaban J connectivity index is 1.82. The second-order valence-electron chi connectivity index (χ2n) is 5.28. The number of piperidine rings is 1. The van der Waals surface area contributed by atoms with Crippen LogP contribution in [-0.4, -0.2) is 37.6 Å². The molecule has 0 aromatic heterocycles. The summed E-state index contributed by atoms with van der Waals surface area (Å²) in [7, 11) is 1.64. The zero-order valence-corrected chi connectivity index (χ0v) is 12.5. The molecule has 1 N–H and O–H groups in total. The minimum Gasteiger partial charge on any atom is -0.496 e. The van der Waals surface area contributed by atoms with Gasteiger partial charge in [-0.1, -0.05) is 24.1 Å². The number of nitrogens with zero attached hydrogens (tertiary/aromatic N) is 1. The molecule has 0 unspecified atom stereocenters. The van der Waals surface area contributed by atoms with E-state index in [4.69, 9.17) is 11.2 Å². The number of benzene rings is 1. The van der Waals surface area contributed by atoms with Gasteiger partial charge >= 0.3 is 0 Å². The van der Waals surface area contributed by atoms with E-state index in [9.17, 15) is 4.79 Å². The highest BCUT2D eigenvalue weighted by atomic mass is 16.5. The number of carbonyl (C=O) groups is 1. The smallest absolute Gasteiger partial charge is 0.223 e. The van der Waals surface area contributed by atoms with Gasteiger partial charge in [-0.05, 0) is 32.0 Å². The SMILES string of the molecule is C#CCN1CCC(C(=O)NCc2ccccc2OC)CC1. The van der Waals surface area contributed by atoms with E-state index >= 15 is 0 Å². The van der Waals surface area contributed by atoms with Crippen molar-refractivity contribution in [3.8, 4) is 18.1 Å². The molecule has 1 saturated heterocycles. The fourth-order valence-corrected chi connectivity index (χ4v) is 2.66. The summed E-state index contributed by atoms with van der Waals surface area (Å²) in [6.07, 6.45) is 7.06. The maximum atomic E-state index is 12.2. The Morgan fingerprint density at radius 1 is 1.43 bits per heavy atom. The molecule has 112 valence electrons. The van der Waals surface area contributed by atoms with E-state index in [1.165, 1.54) is 0 Å². The fourth-order valence-electron chi connectivity index (χ4n) is 2.66. The molecule has 4 heteroatoms. The van der Waals surface area contributed by atoms with Gasteiger partial charge in [-0.2, -0.15) is 0 Å². The maximum Gasteiger partial charge on any atom is 0.223 e. The molecule has 1 aliphatic heterocycles. The lowest BCUT2D eigenvalue weighted by molar-refractivity contribution is -0.126. The first-order valence-corrected chi connectivity index (χ1v) is 7.30. The van der Waals surface area contributed by atoms with E-state index < -0.39 is 0 Å². The summed E-state index contributed by atoms with van der Waals surface area (Å²) in [4.78, 5) is 14.4. The second-order valence-corrected chi connectivity index (χ2v) is 5.28. The first-order chi connectivity index (χ1) is 10.2. The normalized spacial score (nSPS) is 16.2. The number of hydrogen-bond acceptors (Lipinski definition) is 3. The number of terminal acetylenes is 1. The lowest BCUT2D eigenvalue weighted by Crippen LogP contribution is -2.40. The number of rotatable bonds is 5. The number of methoxy groups -OCH3 is 1. The summed E-state index contributed by atoms with van der Waals surface area (Å²) in [6.45, 7) is 2.98. The largest absolute Gasteiger partial charge is 0.496 e. The molecule has 1 aromatic carbocycles. The molecule has 0 saturated carbocycles. The molecule has 1 aliphatic rings. The van der Waals surface area contributed by atoms with Gasteiger partial charge < -0.3 is 10.1 Å². The Hall–Kier alpha value is -1.99. The molecule has 1 fully saturated rings. The van der Waals surface area contributed by atoms with Gasteiger partial charge in [0.25, 0.3) is 0 Å². The van der Waals surface area contributed by atoms with Crippen LogP contribution in [0.3, 0.4) is 0 Å². The van der Waals surface area contributed by atoms with Crippen molar-refractivity contribution in [2.24, 2.45) is 5.92 Å². The van der Waals surface area contributed by atoms with Gasteiger partial charge in [-0.15, -0.1) is 6.42 Å². The van der Waals surface area contributed by atoms with E-state index in [0.717, 1.165) is 37.2 Å². The second kappa shape index (κ2) is 7.70. The molecule has 1 heterocycles. The van der Waals surface area contributed by atoms with Crippen LogP contribution in [0.4, 0.5) is 0 Å². The lowest BCUT2D eigenvalue weighted by atomic mass is 9.96. The number of amides is 1. The number of para-hydroxylation sites is 1. The molecule has 1 aromatic rings. The van der Waals surface area contributed by atoms with Gasteiger partial charge in [0.2, 0.25) is 5.91 Å². The first kappa shape index (κ1) is 15.4. The van der Waals surface area contributed by atoms with Gasteiger partial charge in [0.1, 0.15) is 5.75 Å². The van der Waals surface area contributed by atoms with Gasteiger partial charge in [0.15, 0.2) is 0 Å². The summed E-state index contributed by atoms with van der Waals surface area (Å²) in [6, 6.07) is 7.74. The topological polar surface area (TPSA) is 41.6 Å². The molecule has 0 spiro atoms. The summed E-state index contributed by atoms with van der Waals surface area (Å²) < 4.78 is 5.29. The van der Waals surface area contributed by atoms with Crippen molar-refractivity contribution in [3.63, 3.8) is 0 Å². The van der Waals surface area contributed by atoms with Crippen molar-refractivity contribution in [2.45, 2.75) is 19.4 Å². The number of likely N-dealkylation sites (tertiary alicyclic amines) is 1. The number of nitrogens with one attached hydrogen (secondary N) is 1. The average molecular weight is 286 g/mol. The molecule has 0 aliphatic carbocycles. The van der Waals surface area contributed by atoms with E-state index in [-0.39, 0.29) is 11.8 Å². The van der Waals surface area contributed by atoms with Gasteiger partial charge in [0.05, 0.1) is 13.7 Å². The lowest BCUT2D eigenvalue weighted by Gasteiger charge is -2.29. The van der Waals surface area contributed by atoms with Crippen molar-refractivity contribution in [1.29, 1.82) is 0 Å². The van der Waals surface area contributed by atoms with Crippen LogP contribution >= 0.6 is 0 Å². The maximum absolute atomic E-state index is 12.2. The fraction of sp³-hybridized carbons (Fsp3) is 0.471. The third kappa shape index (κ3) is 4.24. The van der Waals surface area contributed by atoms with E-state index in [1.54, 1.807) is 7.11 Å². The molecule has 21 heavy (non-hydrogen) atoms. The molecule has 0 radical (unpaired) electrons. The predicted octanol–water partition coefficient (Wildman–Crippen LogP) is 1.66. The van der Waals surface area contributed by atoms with Crippen molar-refractivity contribution in [1.82, 2.24) is 10.2 Å². The quantitative estimate of drug-likeness (QED) is 0.837. The van der Waals surface area contributed by atoms with Crippen molar-refractivity contribution < 1.29 is 9.53 Å². The molecule has 0 atom stereocenters. The average Bonchev–Trinajstić information content (AvgIpc) is 2.54. The van der Waals surface area contributed by atoms with Crippen LogP contribution in [0.25, 0.3) is 0 Å². The Labute approximate surface area is 126 Å². The Kier molecular flexibility index (Phi) is 5.65. The van der Waals surface area contributed by atoms with Crippen LogP contribution in [0, 0.1) is 18.3 Å². The molecule has 2 rings (SSSR count). The summed E-state index contributed by atoms with van der Waals surface area (Å²) >= 11 is 0. The van der Waals surface area contributed by atoms with Gasteiger partial charge in [0, 0.05) is 18.0 Å². The van der Waals surface area contributed by atoms with E-state index in [2.05, 4.69) is 16.1 Å². The van der Waals surface area contributed by atoms with Crippen molar-refractivity contribution in [2.75, 3.05) is 26.7 Å². The third-order valence-corrected chi connectivity index (χ3v) is 3.92. The van der Waals surface area contributed by atoms with Crippen molar-refractivity contribution >= 4 is 5.91 Å². The summed E-state index contributed by atoms with van der Waals surface area (Å²) in [5, 5.41) is 3.01. The van der Waals surface area contributed by atoms with Crippen LogP contribution in [0.1, 0.15) is 18.4 Å². The van der Waals surface area contributed by atoms with Crippen LogP contribution in [0.5, 0.6) is 5.75 Å². The van der Waals surface area contributed by atoms with Crippen LogP contribution in [0.15, 0.2) is 24.3 Å². The zero-order valence-electron chi connectivity index (χ0n) is 12.5. The zero-order chi connectivity index (χ0) is 15.1. The highest BCUT2D eigenvalue weighted by Gasteiger charge is 2.24. The highest BCUT2D eigenvalue weighted by molar-refractivity contribution is 5.78. The van der Waals surface area contributed by atoms with E-state index in [1.807, 2.05) is 24.3 Å². The van der Waals surface area contributed by atoms with Crippen molar-refractivity contribution in [3.05, 3.63) is 29.8 Å². The predicted molar refractivity (Wildman–Crippen MR) is 82.8 cm³/mol. The summed E-state index contributed by atoms with van der Waals surface area (Å²) in [5.74, 6) is 3.68. The van der Waals surface area contributed by atoms with Crippen LogP contribution in [0.2, 0.25) is 0 Å². The molecule has 4 nitrogen and oxygen atoms in total. The summed E-state index contributed by atoms with van der Waals surface area (Å²) in [5.41, 5.74) is 0.998. The Bertz CT molecular complexity index is 514. The third-order valence-electron chi connectivity index (χ3n) is 3.92. The van der Waals surface area contributed by atoms with E-state index in [0.29, 0.717) is 13.1 Å². The first-order valence-electron chi connectivity index (χ1n) is 7.30. The molecule has 0 bridgehead atoms. The minimum atomic E-state index is 0.0914. The molecular formula is C17H22N2O2. The van der Waals surface area contributed by atoms with Crippen LogP contribution in [-0.2, 0) is 11.3 Å².